The molecule has 18 nitrogen and oxygen atoms in total. The summed E-state index contributed by atoms with van der Waals surface area (Å²) in [6.45, 7) is 8.02. The Hall–Kier alpha value is -3.41. The smallest absolute Gasteiger partial charge is 0.326 e. The molecule has 0 saturated heterocycles. The van der Waals surface area contributed by atoms with Gasteiger partial charge in [-0.15, -0.1) is 0 Å². The molecule has 0 radical (unpaired) electrons. The SMILES string of the molecule is C=C(COCCNCCNC(=O)CCC(NC(=O)CCCCCCCCCCCCCCCCC(=O)O)C(=O)O)NCCOCCOCC(=O)NCCCCC(NP)C(=O)O. The summed E-state index contributed by atoms with van der Waals surface area (Å²) in [5, 5.41) is 44.1. The molecule has 0 aliphatic rings. The van der Waals surface area contributed by atoms with E-state index in [4.69, 9.17) is 24.4 Å². The van der Waals surface area contributed by atoms with Gasteiger partial charge in [-0.25, -0.2) is 4.79 Å². The maximum Gasteiger partial charge on any atom is 0.326 e. The van der Waals surface area contributed by atoms with E-state index < -0.39 is 30.0 Å². The van der Waals surface area contributed by atoms with Gasteiger partial charge in [-0.2, -0.15) is 0 Å². The van der Waals surface area contributed by atoms with Crippen LogP contribution in [0.25, 0.3) is 0 Å². The third-order valence-corrected chi connectivity index (χ3v) is 10.0. The Morgan fingerprint density at radius 3 is 1.61 bits per heavy atom. The molecule has 0 aliphatic heterocycles. The lowest BCUT2D eigenvalue weighted by Crippen LogP contribution is -2.42. The molecule has 0 saturated carbocycles. The van der Waals surface area contributed by atoms with E-state index in [-0.39, 0.29) is 56.6 Å². The fourth-order valence-electron chi connectivity index (χ4n) is 6.09. The van der Waals surface area contributed by atoms with Gasteiger partial charge in [0.2, 0.25) is 17.7 Å². The van der Waals surface area contributed by atoms with Crippen LogP contribution in [0, 0.1) is 0 Å². The lowest BCUT2D eigenvalue weighted by molar-refractivity contribution is -0.142. The first kappa shape index (κ1) is 57.6. The Bertz CT molecular complexity index is 1200. The van der Waals surface area contributed by atoms with Gasteiger partial charge in [0, 0.05) is 57.7 Å². The summed E-state index contributed by atoms with van der Waals surface area (Å²) in [4.78, 5) is 69.5. The van der Waals surface area contributed by atoms with Crippen LogP contribution in [0.1, 0.15) is 135 Å². The highest BCUT2D eigenvalue weighted by atomic mass is 31.0. The van der Waals surface area contributed by atoms with Crippen LogP contribution < -0.4 is 31.7 Å². The van der Waals surface area contributed by atoms with Crippen molar-refractivity contribution in [1.82, 2.24) is 31.7 Å². The average Bonchev–Trinajstić information content (AvgIpc) is 3.22. The maximum absolute atomic E-state index is 12.3. The average molecular weight is 891 g/mol. The van der Waals surface area contributed by atoms with E-state index in [1.54, 1.807) is 0 Å². The molecule has 19 heteroatoms. The second-order valence-electron chi connectivity index (χ2n) is 15.1. The number of carbonyl (C=O) groups is 6. The molecule has 0 aromatic carbocycles. The molecule has 0 spiro atoms. The predicted octanol–water partition coefficient (Wildman–Crippen LogP) is 3.64. The minimum atomic E-state index is -1.16. The highest BCUT2D eigenvalue weighted by molar-refractivity contribution is 7.13. The molecule has 0 heterocycles. The van der Waals surface area contributed by atoms with Crippen LogP contribution in [0.5, 0.6) is 0 Å². The van der Waals surface area contributed by atoms with E-state index >= 15 is 0 Å². The number of hydrogen-bond donors (Lipinski definition) is 9. The van der Waals surface area contributed by atoms with Gasteiger partial charge in [-0.3, -0.25) is 29.1 Å². The summed E-state index contributed by atoms with van der Waals surface area (Å²) in [6.07, 6.45) is 17.5. The summed E-state index contributed by atoms with van der Waals surface area (Å²) in [7, 11) is 2.20. The second-order valence-corrected chi connectivity index (χ2v) is 15.4. The van der Waals surface area contributed by atoms with Crippen LogP contribution in [-0.2, 0) is 43.0 Å². The van der Waals surface area contributed by atoms with Gasteiger partial charge in [-0.1, -0.05) is 93.0 Å². The third-order valence-electron chi connectivity index (χ3n) is 9.63. The molecule has 0 aromatic heterocycles. The molecule has 3 unspecified atom stereocenters. The zero-order chi connectivity index (χ0) is 45.2. The maximum atomic E-state index is 12.3. The monoisotopic (exact) mass is 891 g/mol. The van der Waals surface area contributed by atoms with Crippen LogP contribution in [0.2, 0.25) is 0 Å². The molecule has 0 aliphatic carbocycles. The number of aliphatic carboxylic acids is 3. The molecule has 0 bridgehead atoms. The van der Waals surface area contributed by atoms with Crippen molar-refractivity contribution in [2.24, 2.45) is 0 Å². The quantitative estimate of drug-likeness (QED) is 0.0312. The van der Waals surface area contributed by atoms with E-state index in [1.807, 2.05) is 0 Å². The molecule has 61 heavy (non-hydrogen) atoms. The number of rotatable bonds is 46. The van der Waals surface area contributed by atoms with Crippen molar-refractivity contribution in [2.45, 2.75) is 147 Å². The van der Waals surface area contributed by atoms with Crippen LogP contribution in [0.15, 0.2) is 12.3 Å². The van der Waals surface area contributed by atoms with Crippen LogP contribution in [0.4, 0.5) is 0 Å². The first-order valence-electron chi connectivity index (χ1n) is 22.3. The largest absolute Gasteiger partial charge is 0.481 e. The van der Waals surface area contributed by atoms with E-state index in [0.29, 0.717) is 90.5 Å². The summed E-state index contributed by atoms with van der Waals surface area (Å²) in [5.74, 6) is -3.60. The van der Waals surface area contributed by atoms with Crippen molar-refractivity contribution in [3.05, 3.63) is 12.3 Å². The molecule has 0 rings (SSSR count). The predicted molar refractivity (Wildman–Crippen MR) is 237 cm³/mol. The number of nitrogens with one attached hydrogen (secondary N) is 6. The normalized spacial score (nSPS) is 12.0. The van der Waals surface area contributed by atoms with Crippen LogP contribution in [0.3, 0.4) is 0 Å². The van der Waals surface area contributed by atoms with Gasteiger partial charge in [0.05, 0.1) is 33.0 Å². The Balaban J connectivity index is 3.65. The minimum Gasteiger partial charge on any atom is -0.481 e. The van der Waals surface area contributed by atoms with Crippen molar-refractivity contribution in [3.8, 4) is 0 Å². The lowest BCUT2D eigenvalue weighted by atomic mass is 10.0. The van der Waals surface area contributed by atoms with Crippen molar-refractivity contribution >= 4 is 45.0 Å². The highest BCUT2D eigenvalue weighted by Gasteiger charge is 2.21. The molecule has 0 fully saturated rings. The summed E-state index contributed by atoms with van der Waals surface area (Å²) >= 11 is 0. The molecule has 354 valence electrons. The lowest BCUT2D eigenvalue weighted by Gasteiger charge is -2.14. The molecule has 3 atom stereocenters. The Morgan fingerprint density at radius 1 is 0.475 bits per heavy atom. The first-order chi connectivity index (χ1) is 29.5. The molecule has 0 aromatic rings. The van der Waals surface area contributed by atoms with Crippen molar-refractivity contribution in [1.29, 1.82) is 0 Å². The summed E-state index contributed by atoms with van der Waals surface area (Å²) < 4.78 is 16.4. The zero-order valence-corrected chi connectivity index (χ0v) is 37.7. The highest BCUT2D eigenvalue weighted by Crippen LogP contribution is 2.14. The van der Waals surface area contributed by atoms with E-state index in [0.717, 1.165) is 38.5 Å². The van der Waals surface area contributed by atoms with Gasteiger partial charge in [0.25, 0.3) is 0 Å². The van der Waals surface area contributed by atoms with Crippen molar-refractivity contribution in [2.75, 3.05) is 72.4 Å². The van der Waals surface area contributed by atoms with E-state index in [2.05, 4.69) is 47.6 Å². The standard InChI is InChI=1S/C42H79N6O12P/c1-34(44-27-29-58-30-31-60-33-39(51)45-23-17-16-18-36(48-61)42(56)57)32-59-28-26-43-24-25-46-37(49)22-21-35(41(54)55)47-38(50)19-14-12-10-8-6-4-2-3-5-7-9-11-13-15-20-40(52)53/h35-36,43-44,48H,1-33,61H2,(H,45,51)(H,46,49)(H,47,50)(H,52,53)(H,54,55)(H,56,57). The zero-order valence-electron chi connectivity index (χ0n) is 36.6. The number of carboxylic acid groups (broad SMARTS) is 3. The van der Waals surface area contributed by atoms with E-state index in [1.165, 1.54) is 44.9 Å². The van der Waals surface area contributed by atoms with Gasteiger partial charge in [0.1, 0.15) is 18.7 Å². The van der Waals surface area contributed by atoms with Crippen molar-refractivity contribution < 1.29 is 58.3 Å². The van der Waals surface area contributed by atoms with Gasteiger partial charge >= 0.3 is 17.9 Å². The number of amides is 3. The third kappa shape index (κ3) is 40.4. The van der Waals surface area contributed by atoms with Crippen LogP contribution in [-0.4, -0.2) is 135 Å². The van der Waals surface area contributed by atoms with Crippen molar-refractivity contribution in [3.63, 3.8) is 0 Å². The Kier molecular flexibility index (Phi) is 39.6. The summed E-state index contributed by atoms with van der Waals surface area (Å²) in [5.41, 5.74) is 0.698. The fourth-order valence-corrected chi connectivity index (χ4v) is 6.40. The number of hydrogen-bond acceptors (Lipinski definition) is 12. The molecule has 3 amide bonds. The van der Waals surface area contributed by atoms with Gasteiger partial charge in [0.15, 0.2) is 0 Å². The second kappa shape index (κ2) is 41.9. The van der Waals surface area contributed by atoms with E-state index in [9.17, 15) is 33.9 Å². The number of ether oxygens (including phenoxy) is 3. The fraction of sp³-hybridized carbons (Fsp3) is 0.810. The molecule has 9 N–H and O–H groups in total. The number of carboxylic acids is 3. The Labute approximate surface area is 365 Å². The topological polar surface area (TPSA) is 263 Å². The van der Waals surface area contributed by atoms with Crippen LogP contribution >= 0.6 is 9.39 Å². The molecular formula is C42H79N6O12P. The number of carbonyl (C=O) groups excluding carboxylic acids is 3. The summed E-state index contributed by atoms with van der Waals surface area (Å²) in [6, 6.07) is -1.72. The molecular weight excluding hydrogens is 811 g/mol. The Morgan fingerprint density at radius 2 is 1.02 bits per heavy atom. The first-order valence-corrected chi connectivity index (χ1v) is 22.9. The number of unbranched alkanes of at least 4 members (excludes halogenated alkanes) is 14. The van der Waals surface area contributed by atoms with Gasteiger partial charge < -0.3 is 56.1 Å². The minimum absolute atomic E-state index is 0.0132. The van der Waals surface area contributed by atoms with Gasteiger partial charge in [-0.05, 0) is 38.5 Å².